The molecule has 0 fully saturated rings. The zero-order valence-corrected chi connectivity index (χ0v) is 9.52. The Bertz CT molecular complexity index is 551. The van der Waals surface area contributed by atoms with Gasteiger partial charge < -0.3 is 0 Å². The molecule has 0 nitrogen and oxygen atoms in total. The second-order valence-corrected chi connectivity index (χ2v) is 4.09. The van der Waals surface area contributed by atoms with Gasteiger partial charge in [0.2, 0.25) is 0 Å². The SMILES string of the molecule is Cc1cc(F)c(-c2cc(C)ccc2F)c(F)c1. The van der Waals surface area contributed by atoms with E-state index in [1.165, 1.54) is 24.3 Å². The topological polar surface area (TPSA) is 0 Å². The summed E-state index contributed by atoms with van der Waals surface area (Å²) in [5, 5.41) is 0. The lowest BCUT2D eigenvalue weighted by Gasteiger charge is -2.08. The third kappa shape index (κ3) is 2.18. The fraction of sp³-hybridized carbons (Fsp3) is 0.143. The summed E-state index contributed by atoms with van der Waals surface area (Å²) in [5.74, 6) is -2.11. The smallest absolute Gasteiger partial charge is 0.134 e. The van der Waals surface area contributed by atoms with Gasteiger partial charge in [-0.05, 0) is 43.7 Å². The molecule has 0 N–H and O–H groups in total. The molecule has 0 radical (unpaired) electrons. The third-order valence-corrected chi connectivity index (χ3v) is 2.58. The van der Waals surface area contributed by atoms with Crippen LogP contribution in [0.15, 0.2) is 30.3 Å². The summed E-state index contributed by atoms with van der Waals surface area (Å²) in [6.45, 7) is 3.33. The molecule has 0 saturated heterocycles. The molecule has 0 aromatic heterocycles. The number of benzene rings is 2. The van der Waals surface area contributed by atoms with Gasteiger partial charge in [-0.1, -0.05) is 11.6 Å². The van der Waals surface area contributed by atoms with Crippen molar-refractivity contribution in [2.24, 2.45) is 0 Å². The van der Waals surface area contributed by atoms with Crippen molar-refractivity contribution in [3.05, 3.63) is 58.9 Å². The first kappa shape index (κ1) is 11.7. The summed E-state index contributed by atoms with van der Waals surface area (Å²) in [6, 6.07) is 6.60. The van der Waals surface area contributed by atoms with Crippen LogP contribution in [-0.2, 0) is 0 Å². The first-order chi connectivity index (χ1) is 7.99. The van der Waals surface area contributed by atoms with Crippen LogP contribution in [0.3, 0.4) is 0 Å². The Morgan fingerprint density at radius 3 is 1.88 bits per heavy atom. The van der Waals surface area contributed by atoms with Gasteiger partial charge in [0.25, 0.3) is 0 Å². The van der Waals surface area contributed by atoms with Crippen LogP contribution in [-0.4, -0.2) is 0 Å². The van der Waals surface area contributed by atoms with Crippen molar-refractivity contribution < 1.29 is 13.2 Å². The van der Waals surface area contributed by atoms with E-state index in [-0.39, 0.29) is 11.1 Å². The van der Waals surface area contributed by atoms with E-state index in [1.54, 1.807) is 19.9 Å². The lowest BCUT2D eigenvalue weighted by Crippen LogP contribution is -1.95. The maximum atomic E-state index is 13.7. The van der Waals surface area contributed by atoms with E-state index in [9.17, 15) is 13.2 Å². The van der Waals surface area contributed by atoms with Gasteiger partial charge in [-0.3, -0.25) is 0 Å². The minimum atomic E-state index is -0.744. The van der Waals surface area contributed by atoms with Crippen LogP contribution in [0.25, 0.3) is 11.1 Å². The van der Waals surface area contributed by atoms with E-state index in [4.69, 9.17) is 0 Å². The highest BCUT2D eigenvalue weighted by Crippen LogP contribution is 2.29. The van der Waals surface area contributed by atoms with Gasteiger partial charge >= 0.3 is 0 Å². The van der Waals surface area contributed by atoms with E-state index < -0.39 is 17.5 Å². The van der Waals surface area contributed by atoms with Crippen molar-refractivity contribution in [1.29, 1.82) is 0 Å². The zero-order chi connectivity index (χ0) is 12.6. The number of hydrogen-bond donors (Lipinski definition) is 0. The maximum Gasteiger partial charge on any atom is 0.134 e. The molecule has 17 heavy (non-hydrogen) atoms. The van der Waals surface area contributed by atoms with Gasteiger partial charge in [-0.25, -0.2) is 13.2 Å². The minimum Gasteiger partial charge on any atom is -0.206 e. The molecule has 0 aliphatic rings. The molecular weight excluding hydrogens is 225 g/mol. The van der Waals surface area contributed by atoms with E-state index in [0.717, 1.165) is 5.56 Å². The van der Waals surface area contributed by atoms with Gasteiger partial charge in [0, 0.05) is 5.56 Å². The van der Waals surface area contributed by atoms with E-state index in [0.29, 0.717) is 5.56 Å². The normalized spacial score (nSPS) is 10.6. The van der Waals surface area contributed by atoms with Gasteiger partial charge in [0.1, 0.15) is 17.5 Å². The van der Waals surface area contributed by atoms with Gasteiger partial charge in [-0.2, -0.15) is 0 Å². The Morgan fingerprint density at radius 1 is 0.706 bits per heavy atom. The van der Waals surface area contributed by atoms with E-state index >= 15 is 0 Å². The summed E-state index contributed by atoms with van der Waals surface area (Å²) in [4.78, 5) is 0. The molecule has 0 amide bonds. The molecule has 0 heterocycles. The highest BCUT2D eigenvalue weighted by Gasteiger charge is 2.15. The van der Waals surface area contributed by atoms with Crippen molar-refractivity contribution in [3.8, 4) is 11.1 Å². The summed E-state index contributed by atoms with van der Waals surface area (Å²) in [6.07, 6.45) is 0. The van der Waals surface area contributed by atoms with Crippen LogP contribution in [0.5, 0.6) is 0 Å². The summed E-state index contributed by atoms with van der Waals surface area (Å²) < 4.78 is 41.0. The molecule has 0 aliphatic heterocycles. The zero-order valence-electron chi connectivity index (χ0n) is 9.52. The van der Waals surface area contributed by atoms with Crippen molar-refractivity contribution in [2.75, 3.05) is 0 Å². The van der Waals surface area contributed by atoms with Crippen LogP contribution in [0.2, 0.25) is 0 Å². The van der Waals surface area contributed by atoms with Crippen LogP contribution in [0.1, 0.15) is 11.1 Å². The number of hydrogen-bond acceptors (Lipinski definition) is 0. The van der Waals surface area contributed by atoms with Crippen molar-refractivity contribution >= 4 is 0 Å². The Balaban J connectivity index is 2.72. The first-order valence-corrected chi connectivity index (χ1v) is 5.21. The second kappa shape index (κ2) is 4.24. The molecule has 0 bridgehead atoms. The van der Waals surface area contributed by atoms with Crippen LogP contribution >= 0.6 is 0 Å². The van der Waals surface area contributed by atoms with Gasteiger partial charge in [0.15, 0.2) is 0 Å². The largest absolute Gasteiger partial charge is 0.206 e. The van der Waals surface area contributed by atoms with Crippen molar-refractivity contribution in [1.82, 2.24) is 0 Å². The molecular formula is C14H11F3. The average molecular weight is 236 g/mol. The summed E-state index contributed by atoms with van der Waals surface area (Å²) in [7, 11) is 0. The molecule has 0 unspecified atom stereocenters. The molecule has 0 aliphatic carbocycles. The molecule has 0 saturated carbocycles. The van der Waals surface area contributed by atoms with Crippen LogP contribution < -0.4 is 0 Å². The average Bonchev–Trinajstić information content (AvgIpc) is 2.21. The monoisotopic (exact) mass is 236 g/mol. The number of halogens is 3. The lowest BCUT2D eigenvalue weighted by atomic mass is 10.0. The van der Waals surface area contributed by atoms with E-state index in [2.05, 4.69) is 0 Å². The molecule has 2 rings (SSSR count). The Kier molecular flexibility index (Phi) is 2.92. The third-order valence-electron chi connectivity index (χ3n) is 2.58. The first-order valence-electron chi connectivity index (χ1n) is 5.21. The van der Waals surface area contributed by atoms with Gasteiger partial charge in [0.05, 0.1) is 5.56 Å². The highest BCUT2D eigenvalue weighted by molar-refractivity contribution is 5.66. The summed E-state index contributed by atoms with van der Waals surface area (Å²) >= 11 is 0. The van der Waals surface area contributed by atoms with Crippen LogP contribution in [0.4, 0.5) is 13.2 Å². The Morgan fingerprint density at radius 2 is 1.29 bits per heavy atom. The molecule has 88 valence electrons. The number of aryl methyl sites for hydroxylation is 2. The Hall–Kier alpha value is -1.77. The lowest BCUT2D eigenvalue weighted by molar-refractivity contribution is 0.580. The fourth-order valence-electron chi connectivity index (χ4n) is 1.79. The number of rotatable bonds is 1. The molecule has 3 heteroatoms. The highest BCUT2D eigenvalue weighted by atomic mass is 19.1. The molecule has 2 aromatic rings. The second-order valence-electron chi connectivity index (χ2n) is 4.09. The maximum absolute atomic E-state index is 13.7. The molecule has 2 aromatic carbocycles. The Labute approximate surface area is 97.7 Å². The molecule has 0 atom stereocenters. The van der Waals surface area contributed by atoms with E-state index in [1.807, 2.05) is 0 Å². The quantitative estimate of drug-likeness (QED) is 0.689. The summed E-state index contributed by atoms with van der Waals surface area (Å²) in [5.41, 5.74) is 0.870. The molecule has 0 spiro atoms. The van der Waals surface area contributed by atoms with Gasteiger partial charge in [-0.15, -0.1) is 0 Å². The predicted molar refractivity (Wildman–Crippen MR) is 61.2 cm³/mol. The van der Waals surface area contributed by atoms with Crippen molar-refractivity contribution in [2.45, 2.75) is 13.8 Å². The van der Waals surface area contributed by atoms with Crippen LogP contribution in [0, 0.1) is 31.3 Å². The van der Waals surface area contributed by atoms with Crippen molar-refractivity contribution in [3.63, 3.8) is 0 Å². The fourth-order valence-corrected chi connectivity index (χ4v) is 1.79. The minimum absolute atomic E-state index is 0.0417. The standard InChI is InChI=1S/C14H11F3/c1-8-3-4-11(15)10(5-8)14-12(16)6-9(2)7-13(14)17/h3-7H,1-2H3. The predicted octanol–water partition coefficient (Wildman–Crippen LogP) is 4.39.